The number of hydrogen-bond donors (Lipinski definition) is 4. The summed E-state index contributed by atoms with van der Waals surface area (Å²) in [6.07, 6.45) is 2.50. The smallest absolute Gasteiger partial charge is 0.315 e. The molecule has 2 aliphatic rings. The molecule has 9 heteroatoms. The lowest BCUT2D eigenvalue weighted by Crippen LogP contribution is -2.58. The molecule has 0 bridgehead atoms. The predicted octanol–water partition coefficient (Wildman–Crippen LogP) is 5.38. The molecule has 5 N–H and O–H groups in total. The summed E-state index contributed by atoms with van der Waals surface area (Å²) in [5, 5.41) is 15.5. The molecule has 41 heavy (non-hydrogen) atoms. The molecule has 1 heterocycles. The Labute approximate surface area is 238 Å². The van der Waals surface area contributed by atoms with Gasteiger partial charge in [0.05, 0.1) is 23.2 Å². The fourth-order valence-corrected chi connectivity index (χ4v) is 6.32. The highest BCUT2D eigenvalue weighted by molar-refractivity contribution is 5.93. The Morgan fingerprint density at radius 3 is 2.29 bits per heavy atom. The summed E-state index contributed by atoms with van der Waals surface area (Å²) in [4.78, 5) is 28.9. The zero-order valence-corrected chi connectivity index (χ0v) is 23.1. The van der Waals surface area contributed by atoms with Crippen LogP contribution >= 0.6 is 0 Å². The lowest BCUT2D eigenvalue weighted by atomic mass is 9.63. The van der Waals surface area contributed by atoms with Gasteiger partial charge in [0, 0.05) is 29.1 Å². The molecule has 2 fully saturated rings. The fraction of sp³-hybridized carbons (Fsp3) is 0.406. The zero-order valence-electron chi connectivity index (χ0n) is 23.1. The van der Waals surface area contributed by atoms with Gasteiger partial charge in [-0.05, 0) is 68.6 Å². The van der Waals surface area contributed by atoms with Gasteiger partial charge in [-0.2, -0.15) is 8.78 Å². The molecule has 216 valence electrons. The molecule has 7 nitrogen and oxygen atoms in total. The normalized spacial score (nSPS) is 25.8. The maximum atomic E-state index is 12.9. The second kappa shape index (κ2) is 11.7. The number of hydrogen-bond acceptors (Lipinski definition) is 5. The Kier molecular flexibility index (Phi) is 8.20. The third kappa shape index (κ3) is 6.80. The van der Waals surface area contributed by atoms with Crippen molar-refractivity contribution < 1.29 is 23.5 Å². The van der Waals surface area contributed by atoms with Gasteiger partial charge in [-0.15, -0.1) is 0 Å². The average molecular weight is 563 g/mol. The first kappa shape index (κ1) is 28.8. The van der Waals surface area contributed by atoms with Crippen LogP contribution in [0.3, 0.4) is 0 Å². The molecule has 2 aromatic carbocycles. The molecule has 3 aromatic rings. The predicted molar refractivity (Wildman–Crippen MR) is 154 cm³/mol. The SMILES string of the molecule is C[C@]1(O)C[C@@](N)(c2ccc(-c3ncc(NC(=O)C[C@H]4CC[C@H](NC(=O)C(F)F)CC4)cc3-c3ccccc3)cc2)C1. The van der Waals surface area contributed by atoms with Crippen molar-refractivity contribution in [2.75, 3.05) is 5.32 Å². The Bertz CT molecular complexity index is 1380. The summed E-state index contributed by atoms with van der Waals surface area (Å²) >= 11 is 0. The molecule has 0 aliphatic heterocycles. The van der Waals surface area contributed by atoms with Crippen LogP contribution in [0, 0.1) is 5.92 Å². The number of nitrogens with one attached hydrogen (secondary N) is 2. The largest absolute Gasteiger partial charge is 0.390 e. The van der Waals surface area contributed by atoms with Crippen LogP contribution in [0.2, 0.25) is 0 Å². The molecule has 0 radical (unpaired) electrons. The van der Waals surface area contributed by atoms with Crippen molar-refractivity contribution in [2.24, 2.45) is 11.7 Å². The van der Waals surface area contributed by atoms with Gasteiger partial charge in [0.15, 0.2) is 0 Å². The Hall–Kier alpha value is -3.69. The Balaban J connectivity index is 1.27. The van der Waals surface area contributed by atoms with Gasteiger partial charge in [0.2, 0.25) is 5.91 Å². The topological polar surface area (TPSA) is 117 Å². The Morgan fingerprint density at radius 1 is 1.02 bits per heavy atom. The van der Waals surface area contributed by atoms with Crippen molar-refractivity contribution in [1.29, 1.82) is 0 Å². The quantitative estimate of drug-likeness (QED) is 0.294. The van der Waals surface area contributed by atoms with Gasteiger partial charge < -0.3 is 21.5 Å². The number of nitrogens with zero attached hydrogens (tertiary/aromatic N) is 1. The van der Waals surface area contributed by atoms with E-state index in [2.05, 4.69) is 10.6 Å². The van der Waals surface area contributed by atoms with Crippen molar-refractivity contribution >= 4 is 17.5 Å². The highest BCUT2D eigenvalue weighted by Crippen LogP contribution is 2.46. The van der Waals surface area contributed by atoms with Gasteiger partial charge >= 0.3 is 6.43 Å². The first-order chi connectivity index (χ1) is 19.5. The number of alkyl halides is 2. The second-order valence-corrected chi connectivity index (χ2v) is 11.8. The summed E-state index contributed by atoms with van der Waals surface area (Å²) < 4.78 is 25.0. The average Bonchev–Trinajstić information content (AvgIpc) is 2.93. The maximum Gasteiger partial charge on any atom is 0.315 e. The van der Waals surface area contributed by atoms with Crippen molar-refractivity contribution in [2.45, 2.75) is 75.5 Å². The van der Waals surface area contributed by atoms with Crippen molar-refractivity contribution in [3.63, 3.8) is 0 Å². The van der Waals surface area contributed by atoms with E-state index in [1.54, 1.807) is 13.1 Å². The minimum absolute atomic E-state index is 0.124. The number of aromatic nitrogens is 1. The maximum absolute atomic E-state index is 12.9. The molecule has 0 spiro atoms. The number of aliphatic hydroxyl groups is 1. The van der Waals surface area contributed by atoms with Crippen LogP contribution in [0.15, 0.2) is 66.9 Å². The summed E-state index contributed by atoms with van der Waals surface area (Å²) in [5.74, 6) is -1.24. The number of nitrogens with two attached hydrogens (primary N) is 1. The number of halogens is 2. The summed E-state index contributed by atoms with van der Waals surface area (Å²) in [6.45, 7) is 1.80. The van der Waals surface area contributed by atoms with Crippen LogP contribution in [0.5, 0.6) is 0 Å². The van der Waals surface area contributed by atoms with E-state index in [1.165, 1.54) is 0 Å². The number of rotatable bonds is 8. The second-order valence-electron chi connectivity index (χ2n) is 11.8. The first-order valence-corrected chi connectivity index (χ1v) is 14.1. The molecule has 2 amide bonds. The third-order valence-electron chi connectivity index (χ3n) is 8.25. The van der Waals surface area contributed by atoms with Crippen LogP contribution in [-0.4, -0.2) is 40.0 Å². The van der Waals surface area contributed by atoms with E-state index < -0.39 is 23.5 Å². The van der Waals surface area contributed by atoms with Gasteiger partial charge in [-0.3, -0.25) is 14.6 Å². The minimum Gasteiger partial charge on any atom is -0.390 e. The Morgan fingerprint density at radius 2 is 1.68 bits per heavy atom. The van der Waals surface area contributed by atoms with E-state index in [4.69, 9.17) is 10.7 Å². The third-order valence-corrected chi connectivity index (χ3v) is 8.25. The van der Waals surface area contributed by atoms with Crippen LogP contribution in [0.1, 0.15) is 57.4 Å². The van der Waals surface area contributed by atoms with Gasteiger partial charge in [0.1, 0.15) is 0 Å². The van der Waals surface area contributed by atoms with Gasteiger partial charge in [-0.25, -0.2) is 0 Å². The first-order valence-electron chi connectivity index (χ1n) is 14.1. The van der Waals surface area contributed by atoms with Crippen LogP contribution in [0.4, 0.5) is 14.5 Å². The van der Waals surface area contributed by atoms with Crippen molar-refractivity contribution in [3.05, 3.63) is 72.4 Å². The van der Waals surface area contributed by atoms with E-state index in [9.17, 15) is 23.5 Å². The van der Waals surface area contributed by atoms with Crippen LogP contribution in [0.25, 0.3) is 22.4 Å². The molecule has 2 aliphatic carbocycles. The lowest BCUT2D eigenvalue weighted by molar-refractivity contribution is -0.132. The molecule has 0 unspecified atom stereocenters. The molecule has 2 saturated carbocycles. The summed E-state index contributed by atoms with van der Waals surface area (Å²) in [6, 6.07) is 19.5. The highest BCUT2D eigenvalue weighted by Gasteiger charge is 2.49. The van der Waals surface area contributed by atoms with E-state index in [0.29, 0.717) is 50.6 Å². The number of carbonyl (C=O) groups is 2. The molecular formula is C32H36F2N4O3. The highest BCUT2D eigenvalue weighted by atomic mass is 19.3. The molecular weight excluding hydrogens is 526 g/mol. The fourth-order valence-electron chi connectivity index (χ4n) is 6.32. The van der Waals surface area contributed by atoms with Crippen LogP contribution < -0.4 is 16.4 Å². The molecule has 1 aromatic heterocycles. The van der Waals surface area contributed by atoms with Gasteiger partial charge in [-0.1, -0.05) is 54.6 Å². The van der Waals surface area contributed by atoms with E-state index in [0.717, 1.165) is 27.9 Å². The summed E-state index contributed by atoms with van der Waals surface area (Å²) in [5.41, 5.74) is 10.3. The summed E-state index contributed by atoms with van der Waals surface area (Å²) in [7, 11) is 0. The lowest BCUT2D eigenvalue weighted by Gasteiger charge is -2.49. The number of amides is 2. The molecule has 0 atom stereocenters. The van der Waals surface area contributed by atoms with E-state index in [-0.39, 0.29) is 17.9 Å². The zero-order chi connectivity index (χ0) is 29.2. The number of carbonyl (C=O) groups excluding carboxylic acids is 2. The van der Waals surface area contributed by atoms with Crippen molar-refractivity contribution in [3.8, 4) is 22.4 Å². The molecule has 0 saturated heterocycles. The van der Waals surface area contributed by atoms with E-state index >= 15 is 0 Å². The number of benzene rings is 2. The number of anilines is 1. The van der Waals surface area contributed by atoms with Crippen molar-refractivity contribution in [1.82, 2.24) is 10.3 Å². The number of pyridine rings is 1. The van der Waals surface area contributed by atoms with Gasteiger partial charge in [0.25, 0.3) is 5.91 Å². The standard InChI is InChI=1S/C32H36F2N4O3/c1-31(41)18-32(35,19-31)23-11-9-22(10-12-23)28-26(21-5-3-2-4-6-21)16-25(17-36-28)37-27(39)15-20-7-13-24(14-8-20)38-30(40)29(33)34/h2-6,9-12,16-17,20,24,29,41H,7-8,13-15,18-19,35H2,1H3,(H,37,39)(H,38,40)/t20-,24-,31-,32-. The monoisotopic (exact) mass is 562 g/mol. The molecule has 5 rings (SSSR count). The minimum atomic E-state index is -3.01. The van der Waals surface area contributed by atoms with E-state index in [1.807, 2.05) is 60.7 Å². The van der Waals surface area contributed by atoms with Crippen LogP contribution in [-0.2, 0) is 15.1 Å².